The van der Waals surface area contributed by atoms with Gasteiger partial charge in [0.05, 0.1) is 0 Å². The Morgan fingerprint density at radius 1 is 0.523 bits per heavy atom. The van der Waals surface area contributed by atoms with Gasteiger partial charge >= 0.3 is 0 Å². The van der Waals surface area contributed by atoms with Crippen LogP contribution in [0.5, 0.6) is 0 Å². The summed E-state index contributed by atoms with van der Waals surface area (Å²) in [6, 6.07) is 40.1. The number of hydrogen-bond acceptors (Lipinski definition) is 0. The number of allylic oxidation sites excluding steroid dienone is 2. The van der Waals surface area contributed by atoms with Gasteiger partial charge in [0.25, 0.3) is 0 Å². The maximum atomic E-state index is 2.67. The molecule has 0 bridgehead atoms. The molecule has 7 rings (SSSR count). The van der Waals surface area contributed by atoms with Crippen LogP contribution in [-0.2, 0) is 19.3 Å². The molecule has 0 amide bonds. The lowest BCUT2D eigenvalue weighted by molar-refractivity contribution is 1.07. The van der Waals surface area contributed by atoms with Gasteiger partial charge in [0, 0.05) is 0 Å². The minimum Gasteiger partial charge on any atom is -0.0712 e. The van der Waals surface area contributed by atoms with Gasteiger partial charge in [-0.2, -0.15) is 0 Å². The molecule has 0 aliphatic heterocycles. The van der Waals surface area contributed by atoms with E-state index < -0.39 is 8.07 Å². The SMILES string of the molecule is Cc1ccc(C)c(-c2cccc3c2C=C([Si](C)(CCc2ccccc2)C2=Cc4c(cccc4-c4cc(C)ccc4C)C2)C3)c1. The van der Waals surface area contributed by atoms with E-state index in [0.29, 0.717) is 0 Å². The molecule has 2 aliphatic rings. The van der Waals surface area contributed by atoms with E-state index in [1.807, 2.05) is 0 Å². The van der Waals surface area contributed by atoms with Gasteiger partial charge in [-0.3, -0.25) is 0 Å². The number of rotatable bonds is 7. The van der Waals surface area contributed by atoms with E-state index >= 15 is 0 Å². The maximum Gasteiger partial charge on any atom is 0.107 e. The highest BCUT2D eigenvalue weighted by Gasteiger charge is 2.40. The lowest BCUT2D eigenvalue weighted by atomic mass is 9.93. The average Bonchev–Trinajstić information content (AvgIpc) is 3.68. The third-order valence-electron chi connectivity index (χ3n) is 10.3. The summed E-state index contributed by atoms with van der Waals surface area (Å²) in [6.45, 7) is 11.6. The Labute approximate surface area is 264 Å². The quantitative estimate of drug-likeness (QED) is 0.166. The zero-order chi connectivity index (χ0) is 30.4. The smallest absolute Gasteiger partial charge is 0.0712 e. The summed E-state index contributed by atoms with van der Waals surface area (Å²) in [5.74, 6) is 0. The maximum absolute atomic E-state index is 2.67. The normalized spacial score (nSPS) is 13.8. The largest absolute Gasteiger partial charge is 0.107 e. The summed E-state index contributed by atoms with van der Waals surface area (Å²) >= 11 is 0. The molecule has 0 saturated carbocycles. The van der Waals surface area contributed by atoms with Crippen LogP contribution in [0.2, 0.25) is 12.6 Å². The second kappa shape index (κ2) is 11.4. The highest BCUT2D eigenvalue weighted by atomic mass is 28.3. The van der Waals surface area contributed by atoms with Gasteiger partial charge in [-0.25, -0.2) is 0 Å². The molecule has 0 heterocycles. The van der Waals surface area contributed by atoms with E-state index in [-0.39, 0.29) is 0 Å². The fourth-order valence-corrected chi connectivity index (χ4v) is 11.5. The Kier molecular flexibility index (Phi) is 7.39. The molecule has 0 spiro atoms. The molecule has 0 aromatic heterocycles. The van der Waals surface area contributed by atoms with Crippen LogP contribution in [0.3, 0.4) is 0 Å². The summed E-state index contributed by atoms with van der Waals surface area (Å²) in [5.41, 5.74) is 18.2. The molecule has 1 heteroatoms. The Hall–Kier alpha value is -4.20. The molecule has 0 nitrogen and oxygen atoms in total. The Bertz CT molecular complexity index is 1830. The van der Waals surface area contributed by atoms with Crippen molar-refractivity contribution in [2.24, 2.45) is 0 Å². The van der Waals surface area contributed by atoms with Crippen molar-refractivity contribution in [1.82, 2.24) is 0 Å². The summed E-state index contributed by atoms with van der Waals surface area (Å²) in [5, 5.41) is 3.38. The average molecular weight is 587 g/mol. The van der Waals surface area contributed by atoms with E-state index in [1.54, 1.807) is 10.4 Å². The Morgan fingerprint density at radius 2 is 1.02 bits per heavy atom. The molecule has 5 aromatic rings. The molecule has 2 aliphatic carbocycles. The van der Waals surface area contributed by atoms with E-state index in [2.05, 4.69) is 150 Å². The molecule has 0 radical (unpaired) electrons. The first-order valence-electron chi connectivity index (χ1n) is 16.2. The zero-order valence-electron chi connectivity index (χ0n) is 26.8. The van der Waals surface area contributed by atoms with Crippen molar-refractivity contribution in [1.29, 1.82) is 0 Å². The third-order valence-corrected chi connectivity index (χ3v) is 15.1. The van der Waals surface area contributed by atoms with Gasteiger partial charge in [0.1, 0.15) is 8.07 Å². The van der Waals surface area contributed by atoms with Crippen molar-refractivity contribution in [3.8, 4) is 22.3 Å². The zero-order valence-corrected chi connectivity index (χ0v) is 27.8. The fourth-order valence-electron chi connectivity index (χ4n) is 7.53. The van der Waals surface area contributed by atoms with Gasteiger partial charge in [-0.05, 0) is 114 Å². The third kappa shape index (κ3) is 5.14. The lowest BCUT2D eigenvalue weighted by Crippen LogP contribution is -2.37. The second-order valence-electron chi connectivity index (χ2n) is 13.4. The molecule has 5 aromatic carbocycles. The van der Waals surface area contributed by atoms with Gasteiger partial charge in [-0.15, -0.1) is 0 Å². The minimum absolute atomic E-state index is 1.07. The van der Waals surface area contributed by atoms with E-state index in [0.717, 1.165) is 19.3 Å². The van der Waals surface area contributed by atoms with Crippen molar-refractivity contribution in [3.63, 3.8) is 0 Å². The van der Waals surface area contributed by atoms with Crippen LogP contribution in [0, 0.1) is 27.7 Å². The molecular weight excluding hydrogens is 545 g/mol. The Morgan fingerprint density at radius 3 is 1.52 bits per heavy atom. The molecule has 0 saturated heterocycles. The first kappa shape index (κ1) is 28.6. The minimum atomic E-state index is -2.04. The van der Waals surface area contributed by atoms with Gasteiger partial charge < -0.3 is 0 Å². The summed E-state index contributed by atoms with van der Waals surface area (Å²) in [4.78, 5) is 0. The summed E-state index contributed by atoms with van der Waals surface area (Å²) in [6.07, 6.45) is 8.52. The van der Waals surface area contributed by atoms with Crippen molar-refractivity contribution in [2.75, 3.05) is 0 Å². The van der Waals surface area contributed by atoms with Crippen molar-refractivity contribution < 1.29 is 0 Å². The summed E-state index contributed by atoms with van der Waals surface area (Å²) in [7, 11) is -2.04. The molecule has 0 atom stereocenters. The van der Waals surface area contributed by atoms with E-state index in [1.165, 1.54) is 78.4 Å². The van der Waals surface area contributed by atoms with Gasteiger partial charge in [-0.1, -0.05) is 143 Å². The molecule has 218 valence electrons. The standard InChI is InChI=1S/C43H42Si/c1-29-17-19-31(3)40(23-29)38-15-9-13-34-25-36(27-42(34)38)44(5,22-21-33-11-7-6-8-12-33)37-26-35-14-10-16-39(43(35)28-37)41-24-30(2)18-20-32(41)4/h6-20,23-24,27-28H,21-22,25-26H2,1-5H3. The Balaban J connectivity index is 1.34. The topological polar surface area (TPSA) is 0 Å². The number of aryl methyl sites for hydroxylation is 5. The van der Waals surface area contributed by atoms with Crippen LogP contribution >= 0.6 is 0 Å². The van der Waals surface area contributed by atoms with Crippen molar-refractivity contribution in [2.45, 2.75) is 59.5 Å². The predicted octanol–water partition coefficient (Wildman–Crippen LogP) is 11.2. The molecule has 0 fully saturated rings. The highest BCUT2D eigenvalue weighted by molar-refractivity contribution is 6.93. The highest BCUT2D eigenvalue weighted by Crippen LogP contribution is 2.46. The van der Waals surface area contributed by atoms with E-state index in [9.17, 15) is 0 Å². The number of fused-ring (bicyclic) bond motifs is 2. The lowest BCUT2D eigenvalue weighted by Gasteiger charge is -2.31. The second-order valence-corrected chi connectivity index (χ2v) is 17.9. The fraction of sp³-hybridized carbons (Fsp3) is 0.209. The van der Waals surface area contributed by atoms with Crippen LogP contribution in [0.4, 0.5) is 0 Å². The number of benzene rings is 5. The van der Waals surface area contributed by atoms with Crippen LogP contribution in [0.1, 0.15) is 50.1 Å². The molecule has 0 N–H and O–H groups in total. The van der Waals surface area contributed by atoms with Crippen LogP contribution in [0.15, 0.2) is 114 Å². The van der Waals surface area contributed by atoms with Crippen molar-refractivity contribution >= 4 is 20.2 Å². The van der Waals surface area contributed by atoms with Gasteiger partial charge in [0.2, 0.25) is 0 Å². The predicted molar refractivity (Wildman–Crippen MR) is 193 cm³/mol. The molecule has 44 heavy (non-hydrogen) atoms. The first-order chi connectivity index (χ1) is 21.3. The van der Waals surface area contributed by atoms with Gasteiger partial charge in [0.15, 0.2) is 0 Å². The van der Waals surface area contributed by atoms with Crippen LogP contribution in [-0.4, -0.2) is 8.07 Å². The molecular formula is C43H42Si. The van der Waals surface area contributed by atoms with Crippen LogP contribution in [0.25, 0.3) is 34.4 Å². The monoisotopic (exact) mass is 586 g/mol. The molecule has 0 unspecified atom stereocenters. The first-order valence-corrected chi connectivity index (χ1v) is 18.9. The summed E-state index contributed by atoms with van der Waals surface area (Å²) < 4.78 is 0. The van der Waals surface area contributed by atoms with Crippen LogP contribution < -0.4 is 0 Å². The van der Waals surface area contributed by atoms with E-state index in [4.69, 9.17) is 0 Å². The number of hydrogen-bond donors (Lipinski definition) is 0. The van der Waals surface area contributed by atoms with Crippen molar-refractivity contribution in [3.05, 3.63) is 164 Å².